The number of nitrogens with one attached hydrogen (secondary N) is 1. The van der Waals surface area contributed by atoms with Crippen LogP contribution in [0, 0.1) is 0 Å². The maximum atomic E-state index is 5.54. The predicted octanol–water partition coefficient (Wildman–Crippen LogP) is 3.00. The van der Waals surface area contributed by atoms with Crippen LogP contribution in [-0.4, -0.2) is 27.9 Å². The molecule has 5 nitrogen and oxygen atoms in total. The molecule has 0 bridgehead atoms. The van der Waals surface area contributed by atoms with Gasteiger partial charge in [0.1, 0.15) is 11.5 Å². The Morgan fingerprint density at radius 1 is 1.05 bits per heavy atom. The van der Waals surface area contributed by atoms with Crippen LogP contribution in [0.5, 0.6) is 17.2 Å². The van der Waals surface area contributed by atoms with E-state index < -0.39 is 0 Å². The molecule has 0 aliphatic carbocycles. The summed E-state index contributed by atoms with van der Waals surface area (Å²) in [6, 6.07) is 7.42. The number of ether oxygens (including phenoxy) is 3. The Bertz CT molecular complexity index is 566. The van der Waals surface area contributed by atoms with E-state index in [1.54, 1.807) is 27.6 Å². The molecular formula is C16H21NO4. The van der Waals surface area contributed by atoms with E-state index in [4.69, 9.17) is 18.6 Å². The van der Waals surface area contributed by atoms with Gasteiger partial charge < -0.3 is 23.9 Å². The maximum absolute atomic E-state index is 5.54. The van der Waals surface area contributed by atoms with Crippen molar-refractivity contribution in [2.24, 2.45) is 0 Å². The summed E-state index contributed by atoms with van der Waals surface area (Å²) in [4.78, 5) is 0. The Hall–Kier alpha value is -2.14. The zero-order valence-electron chi connectivity index (χ0n) is 12.8. The van der Waals surface area contributed by atoms with Crippen LogP contribution in [0.1, 0.15) is 24.3 Å². The fraction of sp³-hybridized carbons (Fsp3) is 0.375. The normalized spacial score (nSPS) is 12.0. The van der Waals surface area contributed by atoms with Crippen molar-refractivity contribution in [2.75, 3.05) is 27.9 Å². The van der Waals surface area contributed by atoms with Crippen molar-refractivity contribution in [3.63, 3.8) is 0 Å². The van der Waals surface area contributed by atoms with Gasteiger partial charge in [-0.1, -0.05) is 6.92 Å². The summed E-state index contributed by atoms with van der Waals surface area (Å²) >= 11 is 0. The van der Waals surface area contributed by atoms with E-state index in [1.807, 2.05) is 31.2 Å². The average molecular weight is 291 g/mol. The molecule has 0 aliphatic rings. The summed E-state index contributed by atoms with van der Waals surface area (Å²) in [5.74, 6) is 2.83. The van der Waals surface area contributed by atoms with Crippen molar-refractivity contribution in [2.45, 2.75) is 13.0 Å². The molecule has 1 heterocycles. The van der Waals surface area contributed by atoms with Crippen LogP contribution in [-0.2, 0) is 0 Å². The minimum absolute atomic E-state index is 0.111. The Morgan fingerprint density at radius 2 is 1.71 bits per heavy atom. The molecule has 2 rings (SSSR count). The van der Waals surface area contributed by atoms with Crippen molar-refractivity contribution < 1.29 is 18.6 Å². The average Bonchev–Trinajstić information content (AvgIpc) is 3.05. The van der Waals surface area contributed by atoms with E-state index in [1.165, 1.54) is 0 Å². The van der Waals surface area contributed by atoms with Gasteiger partial charge in [-0.3, -0.25) is 0 Å². The molecule has 5 heteroatoms. The van der Waals surface area contributed by atoms with Crippen molar-refractivity contribution in [1.29, 1.82) is 0 Å². The lowest BCUT2D eigenvalue weighted by Gasteiger charge is -2.21. The van der Waals surface area contributed by atoms with Crippen LogP contribution < -0.4 is 19.5 Å². The second kappa shape index (κ2) is 7.04. The van der Waals surface area contributed by atoms with E-state index in [0.29, 0.717) is 11.5 Å². The minimum Gasteiger partial charge on any atom is -0.496 e. The molecule has 0 saturated heterocycles. The van der Waals surface area contributed by atoms with Gasteiger partial charge >= 0.3 is 0 Å². The molecule has 114 valence electrons. The van der Waals surface area contributed by atoms with Gasteiger partial charge in [0.15, 0.2) is 11.5 Å². The van der Waals surface area contributed by atoms with Crippen LogP contribution in [0.15, 0.2) is 34.9 Å². The fourth-order valence-corrected chi connectivity index (χ4v) is 2.30. The van der Waals surface area contributed by atoms with Crippen LogP contribution in [0.25, 0.3) is 0 Å². The Morgan fingerprint density at radius 3 is 2.24 bits per heavy atom. The Balaban J connectivity index is 2.53. The molecule has 0 amide bonds. The van der Waals surface area contributed by atoms with E-state index >= 15 is 0 Å². The van der Waals surface area contributed by atoms with E-state index in [9.17, 15) is 0 Å². The van der Waals surface area contributed by atoms with Gasteiger partial charge in [0.2, 0.25) is 0 Å². The molecule has 1 aromatic carbocycles. The highest BCUT2D eigenvalue weighted by atomic mass is 16.5. The molecule has 0 spiro atoms. The minimum atomic E-state index is -0.111. The van der Waals surface area contributed by atoms with Crippen molar-refractivity contribution in [3.8, 4) is 17.2 Å². The van der Waals surface area contributed by atoms with Gasteiger partial charge in [-0.25, -0.2) is 0 Å². The number of hydrogen-bond acceptors (Lipinski definition) is 5. The molecule has 1 atom stereocenters. The van der Waals surface area contributed by atoms with Crippen molar-refractivity contribution in [1.82, 2.24) is 5.32 Å². The summed E-state index contributed by atoms with van der Waals surface area (Å²) < 4.78 is 21.7. The topological polar surface area (TPSA) is 52.9 Å². The summed E-state index contributed by atoms with van der Waals surface area (Å²) in [5.41, 5.74) is 0.937. The Kier molecular flexibility index (Phi) is 5.11. The maximum Gasteiger partial charge on any atom is 0.164 e. The largest absolute Gasteiger partial charge is 0.496 e. The van der Waals surface area contributed by atoms with Gasteiger partial charge in [-0.2, -0.15) is 0 Å². The van der Waals surface area contributed by atoms with Gasteiger partial charge in [0.25, 0.3) is 0 Å². The van der Waals surface area contributed by atoms with Crippen LogP contribution in [0.2, 0.25) is 0 Å². The second-order valence-electron chi connectivity index (χ2n) is 4.46. The lowest BCUT2D eigenvalue weighted by Crippen LogP contribution is -2.22. The van der Waals surface area contributed by atoms with Crippen LogP contribution >= 0.6 is 0 Å². The third kappa shape index (κ3) is 3.13. The molecule has 2 aromatic rings. The molecule has 1 aromatic heterocycles. The zero-order chi connectivity index (χ0) is 15.2. The first-order chi connectivity index (χ1) is 10.2. The summed E-state index contributed by atoms with van der Waals surface area (Å²) in [5, 5.41) is 3.39. The van der Waals surface area contributed by atoms with Gasteiger partial charge in [-0.15, -0.1) is 0 Å². The molecule has 0 radical (unpaired) electrons. The van der Waals surface area contributed by atoms with Gasteiger partial charge in [0, 0.05) is 11.6 Å². The predicted molar refractivity (Wildman–Crippen MR) is 80.3 cm³/mol. The standard InChI is InChI=1S/C16H21NO4/c1-5-17-16(12-7-6-8-21-12)11-9-14(19-3)15(20-4)10-13(11)18-2/h6-10,16-17H,5H2,1-4H3. The van der Waals surface area contributed by atoms with E-state index in [0.717, 1.165) is 23.6 Å². The zero-order valence-corrected chi connectivity index (χ0v) is 12.8. The second-order valence-corrected chi connectivity index (χ2v) is 4.46. The first-order valence-electron chi connectivity index (χ1n) is 6.81. The smallest absolute Gasteiger partial charge is 0.164 e. The quantitative estimate of drug-likeness (QED) is 0.850. The molecule has 1 unspecified atom stereocenters. The van der Waals surface area contributed by atoms with Crippen LogP contribution in [0.4, 0.5) is 0 Å². The fourth-order valence-electron chi connectivity index (χ4n) is 2.30. The van der Waals surface area contributed by atoms with Crippen molar-refractivity contribution in [3.05, 3.63) is 41.9 Å². The summed E-state index contributed by atoms with van der Waals surface area (Å²) in [7, 11) is 4.85. The number of furan rings is 1. The first-order valence-corrected chi connectivity index (χ1v) is 6.81. The number of methoxy groups -OCH3 is 3. The number of benzene rings is 1. The number of rotatable bonds is 7. The third-order valence-electron chi connectivity index (χ3n) is 3.28. The van der Waals surface area contributed by atoms with Crippen molar-refractivity contribution >= 4 is 0 Å². The molecule has 21 heavy (non-hydrogen) atoms. The summed E-state index contributed by atoms with van der Waals surface area (Å²) in [6.45, 7) is 2.84. The number of hydrogen-bond donors (Lipinski definition) is 1. The van der Waals surface area contributed by atoms with E-state index in [-0.39, 0.29) is 6.04 Å². The SMILES string of the molecule is CCNC(c1ccco1)c1cc(OC)c(OC)cc1OC. The lowest BCUT2D eigenvalue weighted by atomic mass is 10.0. The lowest BCUT2D eigenvalue weighted by molar-refractivity contribution is 0.344. The molecule has 1 N–H and O–H groups in total. The first kappa shape index (κ1) is 15.3. The van der Waals surface area contributed by atoms with Gasteiger partial charge in [-0.05, 0) is 24.7 Å². The Labute approximate surface area is 124 Å². The monoisotopic (exact) mass is 291 g/mol. The van der Waals surface area contributed by atoms with E-state index in [2.05, 4.69) is 5.32 Å². The highest BCUT2D eigenvalue weighted by Gasteiger charge is 2.22. The van der Waals surface area contributed by atoms with Gasteiger partial charge in [0.05, 0.1) is 33.6 Å². The highest BCUT2D eigenvalue weighted by molar-refractivity contribution is 5.53. The van der Waals surface area contributed by atoms with Crippen LogP contribution in [0.3, 0.4) is 0 Å². The highest BCUT2D eigenvalue weighted by Crippen LogP contribution is 2.39. The molecule has 0 saturated carbocycles. The molecule has 0 fully saturated rings. The third-order valence-corrected chi connectivity index (χ3v) is 3.28. The summed E-state index contributed by atoms with van der Waals surface area (Å²) in [6.07, 6.45) is 1.66. The molecular weight excluding hydrogens is 270 g/mol. The molecule has 0 aliphatic heterocycles.